The van der Waals surface area contributed by atoms with Crippen LogP contribution >= 0.6 is 0 Å². The highest BCUT2D eigenvalue weighted by Crippen LogP contribution is 2.19. The van der Waals surface area contributed by atoms with Crippen LogP contribution in [0.3, 0.4) is 0 Å². The van der Waals surface area contributed by atoms with E-state index in [2.05, 4.69) is 52.8 Å². The van der Waals surface area contributed by atoms with Gasteiger partial charge in [-0.2, -0.15) is 0 Å². The number of rotatable bonds is 4. The number of aromatic nitrogens is 2. The first kappa shape index (κ1) is 11.3. The molecule has 0 aliphatic heterocycles. The van der Waals surface area contributed by atoms with Gasteiger partial charge in [-0.1, -0.05) is 31.9 Å². The summed E-state index contributed by atoms with van der Waals surface area (Å²) in [5.74, 6) is 0. The SMILES string of the molecule is CCCCCc1ccc2nc3ccccn3c2c1. The molecule has 2 nitrogen and oxygen atoms in total. The van der Waals surface area contributed by atoms with E-state index in [1.54, 1.807) is 0 Å². The van der Waals surface area contributed by atoms with Gasteiger partial charge in [-0.3, -0.25) is 4.40 Å². The van der Waals surface area contributed by atoms with Crippen molar-refractivity contribution < 1.29 is 0 Å². The number of unbranched alkanes of at least 4 members (excludes halogenated alkanes) is 2. The van der Waals surface area contributed by atoms with Gasteiger partial charge in [-0.15, -0.1) is 0 Å². The molecule has 0 aliphatic rings. The Morgan fingerprint density at radius 2 is 2.06 bits per heavy atom. The minimum Gasteiger partial charge on any atom is -0.300 e. The summed E-state index contributed by atoms with van der Waals surface area (Å²) >= 11 is 0. The number of hydrogen-bond acceptors (Lipinski definition) is 1. The molecule has 0 atom stereocenters. The van der Waals surface area contributed by atoms with Crippen molar-refractivity contribution in [3.8, 4) is 0 Å². The highest BCUT2D eigenvalue weighted by Gasteiger charge is 2.04. The molecule has 3 rings (SSSR count). The van der Waals surface area contributed by atoms with Gasteiger partial charge in [0.25, 0.3) is 0 Å². The maximum absolute atomic E-state index is 4.62. The molecular formula is C16H18N2. The Morgan fingerprint density at radius 3 is 2.94 bits per heavy atom. The van der Waals surface area contributed by atoms with Crippen LogP contribution in [0.25, 0.3) is 16.7 Å². The van der Waals surface area contributed by atoms with Gasteiger partial charge in [0.1, 0.15) is 5.65 Å². The second-order valence-electron chi connectivity index (χ2n) is 4.82. The standard InChI is InChI=1S/C16H18N2/c1-2-3-4-7-13-9-10-14-15(12-13)18-11-6-5-8-16(18)17-14/h5-6,8-12H,2-4,7H2,1H3. The number of pyridine rings is 1. The van der Waals surface area contributed by atoms with Gasteiger partial charge in [0.05, 0.1) is 11.0 Å². The largest absolute Gasteiger partial charge is 0.300 e. The quantitative estimate of drug-likeness (QED) is 0.622. The van der Waals surface area contributed by atoms with Gasteiger partial charge >= 0.3 is 0 Å². The second kappa shape index (κ2) is 4.81. The fourth-order valence-corrected chi connectivity index (χ4v) is 2.44. The van der Waals surface area contributed by atoms with E-state index in [-0.39, 0.29) is 0 Å². The number of nitrogens with zero attached hydrogens (tertiary/aromatic N) is 2. The summed E-state index contributed by atoms with van der Waals surface area (Å²) in [5.41, 5.74) is 4.75. The van der Waals surface area contributed by atoms with Crippen molar-refractivity contribution in [1.82, 2.24) is 9.38 Å². The van der Waals surface area contributed by atoms with Crippen molar-refractivity contribution in [3.05, 3.63) is 48.2 Å². The smallest absolute Gasteiger partial charge is 0.137 e. The van der Waals surface area contributed by atoms with Crippen LogP contribution in [-0.4, -0.2) is 9.38 Å². The molecule has 0 radical (unpaired) electrons. The van der Waals surface area contributed by atoms with Crippen LogP contribution in [0.1, 0.15) is 31.7 Å². The molecule has 0 amide bonds. The highest BCUT2D eigenvalue weighted by atomic mass is 15.0. The third-order valence-corrected chi connectivity index (χ3v) is 3.44. The topological polar surface area (TPSA) is 17.3 Å². The molecule has 0 unspecified atom stereocenters. The molecule has 92 valence electrons. The van der Waals surface area contributed by atoms with Gasteiger partial charge in [0.2, 0.25) is 0 Å². The van der Waals surface area contributed by atoms with Crippen molar-refractivity contribution in [2.75, 3.05) is 0 Å². The fraction of sp³-hybridized carbons (Fsp3) is 0.312. The summed E-state index contributed by atoms with van der Waals surface area (Å²) in [7, 11) is 0. The van der Waals surface area contributed by atoms with Crippen molar-refractivity contribution in [2.45, 2.75) is 32.6 Å². The summed E-state index contributed by atoms with van der Waals surface area (Å²) < 4.78 is 2.17. The maximum atomic E-state index is 4.62. The van der Waals surface area contributed by atoms with Crippen LogP contribution in [0.5, 0.6) is 0 Å². The van der Waals surface area contributed by atoms with Crippen LogP contribution < -0.4 is 0 Å². The Bertz CT molecular complexity index is 667. The third kappa shape index (κ3) is 1.99. The minimum atomic E-state index is 1.03. The minimum absolute atomic E-state index is 1.03. The van der Waals surface area contributed by atoms with Gasteiger partial charge in [-0.05, 0) is 42.7 Å². The van der Waals surface area contributed by atoms with Crippen LogP contribution in [0.15, 0.2) is 42.6 Å². The van der Waals surface area contributed by atoms with E-state index in [4.69, 9.17) is 0 Å². The van der Waals surface area contributed by atoms with Crippen molar-refractivity contribution in [1.29, 1.82) is 0 Å². The zero-order valence-electron chi connectivity index (χ0n) is 10.8. The molecule has 3 aromatic rings. The molecule has 0 saturated carbocycles. The maximum Gasteiger partial charge on any atom is 0.137 e. The van der Waals surface area contributed by atoms with E-state index in [1.165, 1.54) is 36.8 Å². The lowest BCUT2D eigenvalue weighted by Crippen LogP contribution is -1.87. The van der Waals surface area contributed by atoms with Gasteiger partial charge < -0.3 is 0 Å². The predicted octanol–water partition coefficient (Wildman–Crippen LogP) is 4.22. The number of benzene rings is 1. The van der Waals surface area contributed by atoms with Crippen molar-refractivity contribution >= 4 is 16.7 Å². The summed E-state index contributed by atoms with van der Waals surface area (Å²) in [6.07, 6.45) is 7.12. The first-order valence-corrected chi connectivity index (χ1v) is 6.74. The molecule has 0 saturated heterocycles. The molecule has 0 aliphatic carbocycles. The van der Waals surface area contributed by atoms with E-state index < -0.39 is 0 Å². The second-order valence-corrected chi connectivity index (χ2v) is 4.82. The summed E-state index contributed by atoms with van der Waals surface area (Å²) in [5, 5.41) is 0. The number of imidazole rings is 1. The third-order valence-electron chi connectivity index (χ3n) is 3.44. The van der Waals surface area contributed by atoms with Crippen molar-refractivity contribution in [2.24, 2.45) is 0 Å². The van der Waals surface area contributed by atoms with Crippen LogP contribution in [0.2, 0.25) is 0 Å². The monoisotopic (exact) mass is 238 g/mol. The summed E-state index contributed by atoms with van der Waals surface area (Å²) in [4.78, 5) is 4.62. The van der Waals surface area contributed by atoms with Crippen LogP contribution in [0.4, 0.5) is 0 Å². The molecule has 2 heteroatoms. The average Bonchev–Trinajstić information content (AvgIpc) is 2.77. The molecule has 2 aromatic heterocycles. The molecule has 0 fully saturated rings. The number of aryl methyl sites for hydroxylation is 1. The van der Waals surface area contributed by atoms with Gasteiger partial charge in [-0.25, -0.2) is 4.98 Å². The van der Waals surface area contributed by atoms with E-state index in [1.807, 2.05) is 6.07 Å². The molecular weight excluding hydrogens is 220 g/mol. The van der Waals surface area contributed by atoms with Crippen LogP contribution in [-0.2, 0) is 6.42 Å². The zero-order chi connectivity index (χ0) is 12.4. The fourth-order valence-electron chi connectivity index (χ4n) is 2.44. The Balaban J connectivity index is 2.02. The highest BCUT2D eigenvalue weighted by molar-refractivity contribution is 5.81. The average molecular weight is 238 g/mol. The summed E-state index contributed by atoms with van der Waals surface area (Å²) in [6, 6.07) is 12.8. The lowest BCUT2D eigenvalue weighted by atomic mass is 10.1. The van der Waals surface area contributed by atoms with E-state index in [0.717, 1.165) is 11.2 Å². The Labute approximate surface area is 107 Å². The lowest BCUT2D eigenvalue weighted by Gasteiger charge is -2.01. The Hall–Kier alpha value is -1.83. The first-order valence-electron chi connectivity index (χ1n) is 6.74. The molecule has 1 aromatic carbocycles. The molecule has 0 N–H and O–H groups in total. The van der Waals surface area contributed by atoms with Gasteiger partial charge in [0, 0.05) is 6.20 Å². The molecule has 0 spiro atoms. The van der Waals surface area contributed by atoms with E-state index >= 15 is 0 Å². The molecule has 2 heterocycles. The van der Waals surface area contributed by atoms with Crippen LogP contribution in [0, 0.1) is 0 Å². The normalized spacial score (nSPS) is 11.4. The van der Waals surface area contributed by atoms with E-state index in [9.17, 15) is 0 Å². The first-order chi connectivity index (χ1) is 8.88. The lowest BCUT2D eigenvalue weighted by molar-refractivity contribution is 0.718. The number of hydrogen-bond donors (Lipinski definition) is 0. The van der Waals surface area contributed by atoms with E-state index in [0.29, 0.717) is 0 Å². The zero-order valence-corrected chi connectivity index (χ0v) is 10.8. The molecule has 18 heavy (non-hydrogen) atoms. The predicted molar refractivity (Wildman–Crippen MR) is 75.9 cm³/mol. The number of fused-ring (bicyclic) bond motifs is 3. The van der Waals surface area contributed by atoms with Crippen molar-refractivity contribution in [3.63, 3.8) is 0 Å². The van der Waals surface area contributed by atoms with Gasteiger partial charge in [0.15, 0.2) is 0 Å². The Morgan fingerprint density at radius 1 is 1.11 bits per heavy atom. The summed E-state index contributed by atoms with van der Waals surface area (Å²) in [6.45, 7) is 2.24. The molecule has 0 bridgehead atoms. The Kier molecular flexibility index (Phi) is 3.01.